The number of hydrogen-bond acceptors (Lipinski definition) is 3. The molecule has 0 radical (unpaired) electrons. The molecule has 98 valence electrons. The third kappa shape index (κ3) is 2.48. The van der Waals surface area contributed by atoms with Gasteiger partial charge in [-0.05, 0) is 23.6 Å². The van der Waals surface area contributed by atoms with Crippen molar-refractivity contribution >= 4 is 0 Å². The van der Waals surface area contributed by atoms with E-state index in [2.05, 4.69) is 29.7 Å². The van der Waals surface area contributed by atoms with Crippen molar-refractivity contribution in [3.63, 3.8) is 0 Å². The molecule has 3 rings (SSSR count). The summed E-state index contributed by atoms with van der Waals surface area (Å²) < 4.78 is 5.84. The first kappa shape index (κ1) is 12.2. The largest absolute Gasteiger partial charge is 0.493 e. The number of rotatable bonds is 3. The van der Waals surface area contributed by atoms with Crippen LogP contribution in [0.5, 0.6) is 5.75 Å². The van der Waals surface area contributed by atoms with Crippen LogP contribution in [-0.4, -0.2) is 6.61 Å². The fraction of sp³-hybridized carbons (Fsp3) is 0.250. The van der Waals surface area contributed by atoms with Gasteiger partial charge in [0.25, 0.3) is 0 Å². The molecule has 3 N–H and O–H groups in total. The number of para-hydroxylation sites is 1. The molecule has 1 aliphatic heterocycles. The van der Waals surface area contributed by atoms with Crippen molar-refractivity contribution in [3.8, 4) is 5.75 Å². The highest BCUT2D eigenvalue weighted by Crippen LogP contribution is 2.33. The maximum atomic E-state index is 5.84. The van der Waals surface area contributed by atoms with Crippen LogP contribution < -0.4 is 16.0 Å². The molecule has 3 nitrogen and oxygen atoms in total. The number of nitrogens with two attached hydrogens (primary N) is 1. The van der Waals surface area contributed by atoms with Gasteiger partial charge in [-0.1, -0.05) is 48.5 Å². The topological polar surface area (TPSA) is 47.3 Å². The number of benzene rings is 2. The number of fused-ring (bicyclic) bond motifs is 1. The average molecular weight is 254 g/mol. The predicted molar refractivity (Wildman–Crippen MR) is 75.6 cm³/mol. The van der Waals surface area contributed by atoms with Gasteiger partial charge in [0.15, 0.2) is 0 Å². The average Bonchev–Trinajstić information content (AvgIpc) is 2.49. The SMILES string of the molecule is NNC(c1ccccc1)C1COc2ccccc2C1. The number of ether oxygens (including phenoxy) is 1. The Bertz CT molecular complexity index is 541. The van der Waals surface area contributed by atoms with Crippen LogP contribution in [0.2, 0.25) is 0 Å². The van der Waals surface area contributed by atoms with Crippen molar-refractivity contribution in [1.29, 1.82) is 0 Å². The van der Waals surface area contributed by atoms with Crippen molar-refractivity contribution in [2.24, 2.45) is 11.8 Å². The second kappa shape index (κ2) is 5.43. The van der Waals surface area contributed by atoms with Crippen LogP contribution in [0, 0.1) is 5.92 Å². The van der Waals surface area contributed by atoms with E-state index in [9.17, 15) is 0 Å². The van der Waals surface area contributed by atoms with E-state index < -0.39 is 0 Å². The number of hydrazine groups is 1. The lowest BCUT2D eigenvalue weighted by atomic mass is 9.87. The van der Waals surface area contributed by atoms with Gasteiger partial charge >= 0.3 is 0 Å². The number of nitrogens with one attached hydrogen (secondary N) is 1. The Labute approximate surface area is 113 Å². The molecule has 0 spiro atoms. The minimum atomic E-state index is 0.120. The molecule has 3 heteroatoms. The lowest BCUT2D eigenvalue weighted by Gasteiger charge is -2.31. The second-order valence-corrected chi connectivity index (χ2v) is 4.94. The van der Waals surface area contributed by atoms with E-state index in [1.165, 1.54) is 11.1 Å². The molecule has 2 aromatic rings. The Morgan fingerprint density at radius 3 is 2.58 bits per heavy atom. The van der Waals surface area contributed by atoms with Crippen LogP contribution >= 0.6 is 0 Å². The predicted octanol–water partition coefficient (Wildman–Crippen LogP) is 2.44. The normalized spacial score (nSPS) is 19.3. The molecule has 1 aliphatic rings. The summed E-state index contributed by atoms with van der Waals surface area (Å²) in [6, 6.07) is 18.6. The molecular formula is C16H18N2O. The van der Waals surface area contributed by atoms with Gasteiger partial charge in [0.1, 0.15) is 5.75 Å². The Morgan fingerprint density at radius 2 is 1.79 bits per heavy atom. The van der Waals surface area contributed by atoms with E-state index in [4.69, 9.17) is 10.6 Å². The maximum absolute atomic E-state index is 5.84. The minimum Gasteiger partial charge on any atom is -0.493 e. The summed E-state index contributed by atoms with van der Waals surface area (Å²) in [7, 11) is 0. The van der Waals surface area contributed by atoms with Gasteiger partial charge < -0.3 is 4.74 Å². The molecule has 0 aliphatic carbocycles. The zero-order valence-corrected chi connectivity index (χ0v) is 10.8. The Kier molecular flexibility index (Phi) is 3.49. The van der Waals surface area contributed by atoms with E-state index in [0.717, 1.165) is 12.2 Å². The van der Waals surface area contributed by atoms with Crippen LogP contribution in [0.15, 0.2) is 54.6 Å². The lowest BCUT2D eigenvalue weighted by Crippen LogP contribution is -2.38. The summed E-state index contributed by atoms with van der Waals surface area (Å²) in [6.45, 7) is 0.695. The summed E-state index contributed by atoms with van der Waals surface area (Å²) in [4.78, 5) is 0. The highest BCUT2D eigenvalue weighted by atomic mass is 16.5. The van der Waals surface area contributed by atoms with Crippen molar-refractivity contribution in [2.45, 2.75) is 12.5 Å². The van der Waals surface area contributed by atoms with Gasteiger partial charge in [-0.3, -0.25) is 11.3 Å². The summed E-state index contributed by atoms with van der Waals surface area (Å²) >= 11 is 0. The fourth-order valence-corrected chi connectivity index (χ4v) is 2.73. The molecule has 0 saturated carbocycles. The smallest absolute Gasteiger partial charge is 0.122 e. The molecule has 1 heterocycles. The van der Waals surface area contributed by atoms with E-state index in [1.54, 1.807) is 0 Å². The third-order valence-corrected chi connectivity index (χ3v) is 3.72. The van der Waals surface area contributed by atoms with Crippen LogP contribution in [0.25, 0.3) is 0 Å². The van der Waals surface area contributed by atoms with Gasteiger partial charge in [-0.25, -0.2) is 0 Å². The molecule has 0 saturated heterocycles. The van der Waals surface area contributed by atoms with Gasteiger partial charge in [0.05, 0.1) is 12.6 Å². The summed E-state index contributed by atoms with van der Waals surface area (Å²) in [6.07, 6.45) is 0.986. The highest BCUT2D eigenvalue weighted by molar-refractivity contribution is 5.36. The standard InChI is InChI=1S/C16H18N2O/c17-18-16(12-6-2-1-3-7-12)14-10-13-8-4-5-9-15(13)19-11-14/h1-9,14,16,18H,10-11,17H2. The molecule has 0 amide bonds. The lowest BCUT2D eigenvalue weighted by molar-refractivity contribution is 0.185. The number of hydrogen-bond donors (Lipinski definition) is 2. The summed E-state index contributed by atoms with van der Waals surface area (Å²) in [5.74, 6) is 7.10. The Balaban J connectivity index is 1.83. The van der Waals surface area contributed by atoms with Crippen LogP contribution in [0.4, 0.5) is 0 Å². The maximum Gasteiger partial charge on any atom is 0.122 e. The zero-order valence-electron chi connectivity index (χ0n) is 10.8. The molecule has 0 bridgehead atoms. The summed E-state index contributed by atoms with van der Waals surface area (Å²) in [5, 5.41) is 0. The van der Waals surface area contributed by atoms with Gasteiger partial charge in [-0.2, -0.15) is 0 Å². The Hall–Kier alpha value is -1.84. The first-order chi connectivity index (χ1) is 9.38. The summed E-state index contributed by atoms with van der Waals surface area (Å²) in [5.41, 5.74) is 5.40. The Morgan fingerprint density at radius 1 is 1.05 bits per heavy atom. The van der Waals surface area contributed by atoms with Crippen molar-refractivity contribution in [2.75, 3.05) is 6.61 Å². The van der Waals surface area contributed by atoms with Crippen molar-refractivity contribution < 1.29 is 4.74 Å². The first-order valence-corrected chi connectivity index (χ1v) is 6.60. The fourth-order valence-electron chi connectivity index (χ4n) is 2.73. The zero-order chi connectivity index (χ0) is 13.1. The van der Waals surface area contributed by atoms with Crippen LogP contribution in [0.1, 0.15) is 17.2 Å². The van der Waals surface area contributed by atoms with E-state index in [0.29, 0.717) is 12.5 Å². The monoisotopic (exact) mass is 254 g/mol. The van der Waals surface area contributed by atoms with Gasteiger partial charge in [0.2, 0.25) is 0 Å². The molecular weight excluding hydrogens is 236 g/mol. The van der Waals surface area contributed by atoms with Gasteiger partial charge in [-0.15, -0.1) is 0 Å². The minimum absolute atomic E-state index is 0.120. The third-order valence-electron chi connectivity index (χ3n) is 3.72. The van der Waals surface area contributed by atoms with E-state index in [1.807, 2.05) is 30.3 Å². The molecule has 0 fully saturated rings. The highest BCUT2D eigenvalue weighted by Gasteiger charge is 2.27. The molecule has 19 heavy (non-hydrogen) atoms. The first-order valence-electron chi connectivity index (χ1n) is 6.60. The van der Waals surface area contributed by atoms with Crippen molar-refractivity contribution in [1.82, 2.24) is 5.43 Å². The van der Waals surface area contributed by atoms with Gasteiger partial charge in [0, 0.05) is 5.92 Å². The quantitative estimate of drug-likeness (QED) is 0.653. The molecule has 2 atom stereocenters. The molecule has 2 aromatic carbocycles. The molecule has 2 unspecified atom stereocenters. The van der Waals surface area contributed by atoms with Crippen molar-refractivity contribution in [3.05, 3.63) is 65.7 Å². The van der Waals surface area contributed by atoms with E-state index in [-0.39, 0.29) is 6.04 Å². The molecule has 0 aromatic heterocycles. The van der Waals surface area contributed by atoms with E-state index >= 15 is 0 Å². The second-order valence-electron chi connectivity index (χ2n) is 4.94. The van der Waals surface area contributed by atoms with Crippen LogP contribution in [0.3, 0.4) is 0 Å². The van der Waals surface area contributed by atoms with Crippen LogP contribution in [-0.2, 0) is 6.42 Å².